The van der Waals surface area contributed by atoms with Crippen molar-refractivity contribution in [3.8, 4) is 11.1 Å². The lowest BCUT2D eigenvalue weighted by atomic mass is 9.88. The van der Waals surface area contributed by atoms with Gasteiger partial charge in [-0.05, 0) is 62.2 Å². The van der Waals surface area contributed by atoms with Gasteiger partial charge in [0, 0.05) is 16.4 Å². The predicted molar refractivity (Wildman–Crippen MR) is 140 cm³/mol. The summed E-state index contributed by atoms with van der Waals surface area (Å²) in [6.45, 7) is 0. The second kappa shape index (κ2) is 9.21. The fraction of sp³-hybridized carbons (Fsp3) is 0.103. The molecule has 2 heteroatoms. The monoisotopic (exact) mass is 436 g/mol. The molecule has 31 heavy (non-hydrogen) atoms. The second-order valence-electron chi connectivity index (χ2n) is 7.68. The van der Waals surface area contributed by atoms with Crippen molar-refractivity contribution in [2.45, 2.75) is 16.4 Å². The van der Waals surface area contributed by atoms with Gasteiger partial charge in [0.05, 0.1) is 0 Å². The van der Waals surface area contributed by atoms with Crippen LogP contribution in [0.3, 0.4) is 0 Å². The predicted octanol–water partition coefficient (Wildman–Crippen LogP) is 8.82. The maximum Gasteiger partial charge on any atom is 0.0238 e. The number of hydrogen-bond donors (Lipinski definition) is 0. The Balaban J connectivity index is 1.76. The van der Waals surface area contributed by atoms with Crippen molar-refractivity contribution < 1.29 is 0 Å². The minimum atomic E-state index is 0.951. The molecular weight excluding hydrogens is 412 g/mol. The van der Waals surface area contributed by atoms with Crippen LogP contribution in [0.5, 0.6) is 0 Å². The summed E-state index contributed by atoms with van der Waals surface area (Å²) in [5.74, 6) is 1.96. The van der Waals surface area contributed by atoms with Crippen LogP contribution in [0, 0.1) is 0 Å². The van der Waals surface area contributed by atoms with E-state index in [-0.39, 0.29) is 0 Å². The zero-order chi connectivity index (χ0) is 21.0. The van der Waals surface area contributed by atoms with Crippen LogP contribution in [0.2, 0.25) is 0 Å². The van der Waals surface area contributed by atoms with E-state index in [4.69, 9.17) is 0 Å². The maximum atomic E-state index is 2.33. The number of rotatable bonds is 6. The van der Waals surface area contributed by atoms with E-state index in [0.29, 0.717) is 0 Å². The second-order valence-corrected chi connectivity index (χ2v) is 9.59. The van der Waals surface area contributed by atoms with E-state index in [1.54, 1.807) is 0 Å². The highest BCUT2D eigenvalue weighted by molar-refractivity contribution is 7.98. The largest absolute Gasteiger partial charge is 0.161 e. The molecule has 0 unspecified atom stereocenters. The van der Waals surface area contributed by atoms with E-state index in [9.17, 15) is 0 Å². The van der Waals surface area contributed by atoms with Crippen molar-refractivity contribution in [2.24, 2.45) is 0 Å². The molecule has 0 aromatic heterocycles. The highest BCUT2D eigenvalue weighted by atomic mass is 32.2. The summed E-state index contributed by atoms with van der Waals surface area (Å²) >= 11 is 3.80. The van der Waals surface area contributed by atoms with Gasteiger partial charge in [-0.25, -0.2) is 0 Å². The molecule has 0 spiro atoms. The first-order chi connectivity index (χ1) is 15.3. The lowest BCUT2D eigenvalue weighted by Gasteiger charge is -2.19. The van der Waals surface area contributed by atoms with Gasteiger partial charge in [0.15, 0.2) is 0 Å². The Morgan fingerprint density at radius 1 is 0.516 bits per heavy atom. The summed E-state index contributed by atoms with van der Waals surface area (Å²) < 4.78 is 0. The van der Waals surface area contributed by atoms with Crippen molar-refractivity contribution in [2.75, 3.05) is 6.26 Å². The zero-order valence-electron chi connectivity index (χ0n) is 17.5. The van der Waals surface area contributed by atoms with Crippen molar-refractivity contribution in [1.82, 2.24) is 0 Å². The Bertz CT molecular complexity index is 1340. The Morgan fingerprint density at radius 2 is 1.03 bits per heavy atom. The van der Waals surface area contributed by atoms with E-state index in [1.165, 1.54) is 48.7 Å². The van der Waals surface area contributed by atoms with Crippen molar-refractivity contribution >= 4 is 45.1 Å². The first-order valence-electron chi connectivity index (χ1n) is 10.5. The van der Waals surface area contributed by atoms with Gasteiger partial charge in [0.1, 0.15) is 0 Å². The van der Waals surface area contributed by atoms with Gasteiger partial charge < -0.3 is 0 Å². The lowest BCUT2D eigenvalue weighted by Crippen LogP contribution is -1.96. The van der Waals surface area contributed by atoms with Gasteiger partial charge in [-0.3, -0.25) is 0 Å². The molecule has 5 aromatic carbocycles. The van der Waals surface area contributed by atoms with Crippen LogP contribution in [0.4, 0.5) is 0 Å². The fourth-order valence-electron chi connectivity index (χ4n) is 4.30. The molecule has 0 aliphatic rings. The van der Waals surface area contributed by atoms with Crippen LogP contribution >= 0.6 is 23.5 Å². The molecule has 0 N–H and O–H groups in total. The van der Waals surface area contributed by atoms with E-state index in [0.717, 1.165) is 11.5 Å². The summed E-state index contributed by atoms with van der Waals surface area (Å²) in [4.78, 5) is 1.31. The van der Waals surface area contributed by atoms with Gasteiger partial charge in [0.25, 0.3) is 0 Å². The Labute approximate surface area is 192 Å². The molecule has 5 aromatic rings. The normalized spacial score (nSPS) is 11.3. The van der Waals surface area contributed by atoms with Gasteiger partial charge >= 0.3 is 0 Å². The van der Waals surface area contributed by atoms with Crippen LogP contribution < -0.4 is 0 Å². The third kappa shape index (κ3) is 4.11. The van der Waals surface area contributed by atoms with Crippen LogP contribution in [0.15, 0.2) is 108 Å². The van der Waals surface area contributed by atoms with E-state index in [1.807, 2.05) is 23.5 Å². The lowest BCUT2D eigenvalue weighted by molar-refractivity contribution is 1.37. The van der Waals surface area contributed by atoms with Gasteiger partial charge in [0.2, 0.25) is 0 Å². The van der Waals surface area contributed by atoms with Gasteiger partial charge in [-0.2, -0.15) is 11.8 Å². The van der Waals surface area contributed by atoms with Crippen molar-refractivity contribution in [1.29, 1.82) is 0 Å². The molecule has 0 aliphatic heterocycles. The summed E-state index contributed by atoms with van der Waals surface area (Å²) in [5, 5.41) is 5.29. The van der Waals surface area contributed by atoms with Crippen LogP contribution in [-0.2, 0) is 11.5 Å². The topological polar surface area (TPSA) is 0 Å². The molecule has 0 aliphatic carbocycles. The molecule has 0 bridgehead atoms. The van der Waals surface area contributed by atoms with E-state index < -0.39 is 0 Å². The minimum Gasteiger partial charge on any atom is -0.161 e. The zero-order valence-corrected chi connectivity index (χ0v) is 19.2. The molecule has 0 fully saturated rings. The molecule has 0 amide bonds. The SMILES string of the molecule is CSCc1ccc2ccccc2c1-c1c(CSc2ccccc2)ccc2ccccc12. The maximum absolute atomic E-state index is 2.33. The summed E-state index contributed by atoms with van der Waals surface area (Å²) in [5.41, 5.74) is 5.59. The average Bonchev–Trinajstić information content (AvgIpc) is 2.83. The van der Waals surface area contributed by atoms with Crippen molar-refractivity contribution in [3.63, 3.8) is 0 Å². The molecule has 0 saturated carbocycles. The molecular formula is C29H24S2. The number of hydrogen-bond acceptors (Lipinski definition) is 2. The molecule has 0 radical (unpaired) electrons. The third-order valence-electron chi connectivity index (χ3n) is 5.72. The van der Waals surface area contributed by atoms with Gasteiger partial charge in [-0.15, -0.1) is 11.8 Å². The molecule has 0 heterocycles. The smallest absolute Gasteiger partial charge is 0.0238 e. The molecule has 5 rings (SSSR count). The molecule has 0 saturated heterocycles. The van der Waals surface area contributed by atoms with E-state index >= 15 is 0 Å². The summed E-state index contributed by atoms with van der Waals surface area (Å²) in [6, 6.07) is 37.5. The molecule has 0 nitrogen and oxygen atoms in total. The van der Waals surface area contributed by atoms with Gasteiger partial charge in [-0.1, -0.05) is 91.0 Å². The first kappa shape index (κ1) is 20.2. The molecule has 152 valence electrons. The highest BCUT2D eigenvalue weighted by Crippen LogP contribution is 2.41. The van der Waals surface area contributed by atoms with Crippen LogP contribution in [0.1, 0.15) is 11.1 Å². The Morgan fingerprint density at radius 3 is 1.61 bits per heavy atom. The number of fused-ring (bicyclic) bond motifs is 2. The van der Waals surface area contributed by atoms with Crippen LogP contribution in [-0.4, -0.2) is 6.26 Å². The summed E-state index contributed by atoms with van der Waals surface area (Å²) in [7, 11) is 0. The first-order valence-corrected chi connectivity index (χ1v) is 12.9. The number of benzene rings is 5. The minimum absolute atomic E-state index is 0.951. The van der Waals surface area contributed by atoms with E-state index in [2.05, 4.69) is 109 Å². The quantitative estimate of drug-likeness (QED) is 0.244. The average molecular weight is 437 g/mol. The molecule has 0 atom stereocenters. The third-order valence-corrected chi connectivity index (χ3v) is 7.38. The fourth-order valence-corrected chi connectivity index (χ4v) is 5.76. The number of thioether (sulfide) groups is 2. The highest BCUT2D eigenvalue weighted by Gasteiger charge is 2.17. The van der Waals surface area contributed by atoms with Crippen LogP contribution in [0.25, 0.3) is 32.7 Å². The summed E-state index contributed by atoms with van der Waals surface area (Å²) in [6.07, 6.45) is 2.19. The Hall–Kier alpha value is -2.68. The Kier molecular flexibility index (Phi) is 6.01. The van der Waals surface area contributed by atoms with Crippen molar-refractivity contribution in [3.05, 3.63) is 114 Å². The standard InChI is InChI=1S/C29H24S2/c1-30-19-23-17-15-21-9-5-7-13-26(21)28(23)29-24(20-31-25-11-3-2-4-12-25)18-16-22-10-6-8-14-27(22)29/h2-18H,19-20H2,1H3.